The molecule has 0 aromatic heterocycles. The van der Waals surface area contributed by atoms with Gasteiger partial charge in [-0.05, 0) is 64.2 Å². The van der Waals surface area contributed by atoms with E-state index in [-0.39, 0.29) is 6.61 Å². The van der Waals surface area contributed by atoms with Crippen LogP contribution in [-0.2, 0) is 4.79 Å². The average molecular weight is 688 g/mol. The quantitative estimate of drug-likeness (QED) is 0.0386. The molecule has 0 radical (unpaired) electrons. The van der Waals surface area contributed by atoms with E-state index in [2.05, 4.69) is 55.6 Å². The molecular weight excluding hydrogens is 606 g/mol. The fourth-order valence-electron chi connectivity index (χ4n) is 6.02. The molecule has 0 aliphatic carbocycles. The normalized spacial score (nSPS) is 14.1. The van der Waals surface area contributed by atoms with Gasteiger partial charge in [0.1, 0.15) is 6.10 Å². The molecule has 1 amide bonds. The summed E-state index contributed by atoms with van der Waals surface area (Å²) >= 11 is 0. The van der Waals surface area contributed by atoms with Gasteiger partial charge in [-0.25, -0.2) is 0 Å². The maximum absolute atomic E-state index is 12.4. The van der Waals surface area contributed by atoms with Gasteiger partial charge in [0.2, 0.25) is 5.91 Å². The highest BCUT2D eigenvalue weighted by Crippen LogP contribution is 2.14. The predicted octanol–water partition coefficient (Wildman–Crippen LogP) is 11.8. The molecule has 0 saturated carbocycles. The standard InChI is InChI=1S/C44H81NO4/c1-3-5-7-9-11-13-15-17-18-19-20-21-22-23-24-25-26-27-29-31-33-35-37-39-43(48)44(49)45-41(40-46)42(47)38-36-34-32-30-28-16-14-12-10-8-6-4-2/h10,12,23-24,28,30,36,38,41-43,46-48H,3-9,11,13-22,25-27,29,31-35,37,39-40H2,1-2H3,(H,45,49)/b12-10+,24-23-,30-28+,38-36+. The van der Waals surface area contributed by atoms with E-state index in [0.717, 1.165) is 44.9 Å². The molecule has 3 atom stereocenters. The zero-order valence-corrected chi connectivity index (χ0v) is 32.3. The maximum Gasteiger partial charge on any atom is 0.249 e. The van der Waals surface area contributed by atoms with Crippen molar-refractivity contribution in [2.24, 2.45) is 0 Å². The monoisotopic (exact) mass is 688 g/mol. The Kier molecular flexibility index (Phi) is 37.8. The van der Waals surface area contributed by atoms with Crippen molar-refractivity contribution in [3.63, 3.8) is 0 Å². The second-order valence-electron chi connectivity index (χ2n) is 14.2. The van der Waals surface area contributed by atoms with E-state index in [4.69, 9.17) is 0 Å². The van der Waals surface area contributed by atoms with E-state index in [9.17, 15) is 20.1 Å². The van der Waals surface area contributed by atoms with Crippen LogP contribution in [0.25, 0.3) is 0 Å². The molecule has 5 nitrogen and oxygen atoms in total. The van der Waals surface area contributed by atoms with E-state index in [1.165, 1.54) is 135 Å². The molecule has 0 aromatic carbocycles. The third-order valence-corrected chi connectivity index (χ3v) is 9.37. The Bertz CT molecular complexity index is 805. The molecule has 5 heteroatoms. The summed E-state index contributed by atoms with van der Waals surface area (Å²) in [6.45, 7) is 4.11. The van der Waals surface area contributed by atoms with E-state index < -0.39 is 24.2 Å². The zero-order chi connectivity index (χ0) is 35.9. The molecule has 0 spiro atoms. The summed E-state index contributed by atoms with van der Waals surface area (Å²) in [6.07, 6.45) is 50.0. The van der Waals surface area contributed by atoms with Crippen LogP contribution in [0.4, 0.5) is 0 Å². The van der Waals surface area contributed by atoms with Gasteiger partial charge >= 0.3 is 0 Å². The highest BCUT2D eigenvalue weighted by atomic mass is 16.3. The Balaban J connectivity index is 3.69. The molecule has 0 heterocycles. The number of hydrogen-bond acceptors (Lipinski definition) is 4. The maximum atomic E-state index is 12.4. The lowest BCUT2D eigenvalue weighted by atomic mass is 10.0. The molecule has 286 valence electrons. The van der Waals surface area contributed by atoms with Crippen LogP contribution >= 0.6 is 0 Å². The fraction of sp³-hybridized carbons (Fsp3) is 0.795. The lowest BCUT2D eigenvalue weighted by Crippen LogP contribution is -2.48. The number of hydrogen-bond donors (Lipinski definition) is 4. The minimum Gasteiger partial charge on any atom is -0.394 e. The summed E-state index contributed by atoms with van der Waals surface area (Å²) in [7, 11) is 0. The largest absolute Gasteiger partial charge is 0.394 e. The van der Waals surface area contributed by atoms with Crippen molar-refractivity contribution in [3.8, 4) is 0 Å². The Hall–Kier alpha value is -1.69. The molecule has 0 fully saturated rings. The summed E-state index contributed by atoms with van der Waals surface area (Å²) in [5, 5.41) is 33.0. The van der Waals surface area contributed by atoms with Gasteiger partial charge in [0.05, 0.1) is 18.8 Å². The smallest absolute Gasteiger partial charge is 0.249 e. The first-order valence-electron chi connectivity index (χ1n) is 21.0. The fourth-order valence-corrected chi connectivity index (χ4v) is 6.02. The second-order valence-corrected chi connectivity index (χ2v) is 14.2. The number of amides is 1. The minimum absolute atomic E-state index is 0.384. The predicted molar refractivity (Wildman–Crippen MR) is 213 cm³/mol. The Morgan fingerprint density at radius 1 is 0.490 bits per heavy atom. The van der Waals surface area contributed by atoms with Crippen molar-refractivity contribution < 1.29 is 20.1 Å². The van der Waals surface area contributed by atoms with Crippen LogP contribution in [0.5, 0.6) is 0 Å². The Morgan fingerprint density at radius 3 is 1.31 bits per heavy atom. The number of nitrogens with one attached hydrogen (secondary N) is 1. The molecule has 0 aliphatic heterocycles. The first-order valence-corrected chi connectivity index (χ1v) is 21.0. The number of unbranched alkanes of at least 4 members (excludes halogenated alkanes) is 23. The molecule has 0 aliphatic rings. The molecule has 0 bridgehead atoms. The molecule has 49 heavy (non-hydrogen) atoms. The number of aliphatic hydroxyl groups is 3. The highest BCUT2D eigenvalue weighted by molar-refractivity contribution is 5.80. The van der Waals surface area contributed by atoms with Crippen LogP contribution in [-0.4, -0.2) is 46.1 Å². The van der Waals surface area contributed by atoms with Gasteiger partial charge in [-0.15, -0.1) is 0 Å². The lowest BCUT2D eigenvalue weighted by molar-refractivity contribution is -0.131. The Morgan fingerprint density at radius 2 is 0.857 bits per heavy atom. The average Bonchev–Trinajstić information content (AvgIpc) is 3.11. The van der Waals surface area contributed by atoms with Gasteiger partial charge < -0.3 is 20.6 Å². The van der Waals surface area contributed by atoms with E-state index >= 15 is 0 Å². The third kappa shape index (κ3) is 34.5. The van der Waals surface area contributed by atoms with E-state index in [1.54, 1.807) is 6.08 Å². The molecule has 0 saturated heterocycles. The van der Waals surface area contributed by atoms with Crippen LogP contribution in [0.1, 0.15) is 200 Å². The lowest BCUT2D eigenvalue weighted by Gasteiger charge is -2.21. The van der Waals surface area contributed by atoms with Gasteiger partial charge in [0.25, 0.3) is 0 Å². The number of rotatable bonds is 37. The van der Waals surface area contributed by atoms with Crippen molar-refractivity contribution in [2.45, 2.75) is 218 Å². The van der Waals surface area contributed by atoms with Crippen LogP contribution in [0, 0.1) is 0 Å². The van der Waals surface area contributed by atoms with E-state index in [0.29, 0.717) is 6.42 Å². The van der Waals surface area contributed by atoms with Gasteiger partial charge in [0, 0.05) is 0 Å². The van der Waals surface area contributed by atoms with Gasteiger partial charge in [0.15, 0.2) is 0 Å². The van der Waals surface area contributed by atoms with Crippen molar-refractivity contribution in [1.29, 1.82) is 0 Å². The molecule has 0 rings (SSSR count). The summed E-state index contributed by atoms with van der Waals surface area (Å²) in [6, 6.07) is -0.822. The molecule has 4 N–H and O–H groups in total. The topological polar surface area (TPSA) is 89.8 Å². The number of carbonyl (C=O) groups excluding carboxylic acids is 1. The van der Waals surface area contributed by atoms with Crippen molar-refractivity contribution in [1.82, 2.24) is 5.32 Å². The van der Waals surface area contributed by atoms with Crippen LogP contribution in [0.3, 0.4) is 0 Å². The molecule has 3 unspecified atom stereocenters. The number of allylic oxidation sites excluding steroid dienone is 7. The van der Waals surface area contributed by atoms with E-state index in [1.807, 2.05) is 6.08 Å². The summed E-state index contributed by atoms with van der Waals surface area (Å²) in [5.41, 5.74) is 0. The first kappa shape index (κ1) is 47.3. The van der Waals surface area contributed by atoms with Crippen molar-refractivity contribution in [2.75, 3.05) is 6.61 Å². The second kappa shape index (κ2) is 39.1. The van der Waals surface area contributed by atoms with Crippen molar-refractivity contribution >= 4 is 5.91 Å². The number of carbonyl (C=O) groups is 1. The highest BCUT2D eigenvalue weighted by Gasteiger charge is 2.22. The molecular formula is C44H81NO4. The zero-order valence-electron chi connectivity index (χ0n) is 32.3. The van der Waals surface area contributed by atoms with Gasteiger partial charge in [-0.1, -0.05) is 184 Å². The first-order chi connectivity index (χ1) is 24.1. The summed E-state index contributed by atoms with van der Waals surface area (Å²) < 4.78 is 0. The van der Waals surface area contributed by atoms with Crippen molar-refractivity contribution in [3.05, 3.63) is 48.6 Å². The van der Waals surface area contributed by atoms with Gasteiger partial charge in [-0.2, -0.15) is 0 Å². The summed E-state index contributed by atoms with van der Waals surface area (Å²) in [4.78, 5) is 12.4. The van der Waals surface area contributed by atoms with Gasteiger partial charge in [-0.3, -0.25) is 4.79 Å². The Labute approximate surface area is 304 Å². The minimum atomic E-state index is -1.11. The van der Waals surface area contributed by atoms with Crippen LogP contribution in [0.2, 0.25) is 0 Å². The van der Waals surface area contributed by atoms with Crippen LogP contribution in [0.15, 0.2) is 48.6 Å². The van der Waals surface area contributed by atoms with Crippen LogP contribution < -0.4 is 5.32 Å². The third-order valence-electron chi connectivity index (χ3n) is 9.37. The summed E-state index contributed by atoms with van der Waals surface area (Å²) in [5.74, 6) is -0.523. The number of aliphatic hydroxyl groups excluding tert-OH is 3. The molecule has 0 aromatic rings. The SMILES string of the molecule is CCCC/C=C/CC/C=C/CC/C=C/C(O)C(CO)NC(=O)C(O)CCCCCCCCC/C=C\CCCCCCCCCCCCCC.